The molecule has 14 heavy (non-hydrogen) atoms. The van der Waals surface area contributed by atoms with Gasteiger partial charge in [0.1, 0.15) is 11.6 Å². The molecular formula is C7H8F2N4O. The van der Waals surface area contributed by atoms with Crippen LogP contribution in [0.4, 0.5) is 20.4 Å². The third-order valence-corrected chi connectivity index (χ3v) is 1.59. The second kappa shape index (κ2) is 3.44. The highest BCUT2D eigenvalue weighted by molar-refractivity contribution is 5.96. The highest BCUT2D eigenvalue weighted by Crippen LogP contribution is 2.28. The Hall–Kier alpha value is -1.92. The van der Waals surface area contributed by atoms with Gasteiger partial charge in [0.2, 0.25) is 5.91 Å². The lowest BCUT2D eigenvalue weighted by molar-refractivity contribution is 0.0986. The Labute approximate surface area is 77.9 Å². The molecule has 0 aromatic carbocycles. The van der Waals surface area contributed by atoms with Gasteiger partial charge in [0.05, 0.1) is 11.1 Å². The molecule has 0 saturated carbocycles. The first kappa shape index (κ1) is 10.2. The number of rotatable bonds is 2. The van der Waals surface area contributed by atoms with Gasteiger partial charge in [-0.05, 0) is 6.07 Å². The van der Waals surface area contributed by atoms with E-state index in [-0.39, 0.29) is 5.82 Å². The molecule has 0 saturated heterocycles. The summed E-state index contributed by atoms with van der Waals surface area (Å²) < 4.78 is 24.8. The normalized spacial score (nSPS) is 10.5. The summed E-state index contributed by atoms with van der Waals surface area (Å²) in [5, 5.41) is 0. The zero-order chi connectivity index (χ0) is 10.9. The van der Waals surface area contributed by atoms with Crippen LogP contribution in [0.25, 0.3) is 0 Å². The Morgan fingerprint density at radius 1 is 1.43 bits per heavy atom. The molecule has 1 aromatic rings. The summed E-state index contributed by atoms with van der Waals surface area (Å²) in [7, 11) is 0. The van der Waals surface area contributed by atoms with Crippen molar-refractivity contribution < 1.29 is 13.6 Å². The maximum Gasteiger partial charge on any atom is 0.268 e. The molecule has 1 heterocycles. The van der Waals surface area contributed by atoms with E-state index < -0.39 is 29.3 Å². The fraction of sp³-hybridized carbons (Fsp3) is 0.143. The monoisotopic (exact) mass is 202 g/mol. The number of pyridine rings is 1. The van der Waals surface area contributed by atoms with Gasteiger partial charge >= 0.3 is 0 Å². The van der Waals surface area contributed by atoms with Crippen molar-refractivity contribution in [3.63, 3.8) is 0 Å². The van der Waals surface area contributed by atoms with Crippen LogP contribution < -0.4 is 17.2 Å². The second-order valence-corrected chi connectivity index (χ2v) is 2.56. The van der Waals surface area contributed by atoms with Crippen molar-refractivity contribution in [3.05, 3.63) is 17.2 Å². The van der Waals surface area contributed by atoms with Crippen molar-refractivity contribution in [2.45, 2.75) is 6.43 Å². The SMILES string of the molecule is NC(=O)c1cc(N)nc(N)c1C(F)F. The number of carbonyl (C=O) groups is 1. The van der Waals surface area contributed by atoms with Gasteiger partial charge in [0, 0.05) is 0 Å². The standard InChI is InChI=1S/C7H8F2N4O/c8-5(9)4-2(7(12)14)1-3(10)13-6(4)11/h1,5H,(H2,12,14)(H4,10,11,13). The number of nitrogen functional groups attached to an aromatic ring is 2. The molecule has 7 heteroatoms. The molecule has 0 aliphatic rings. The Morgan fingerprint density at radius 2 is 2.00 bits per heavy atom. The molecule has 1 rings (SSSR count). The molecular weight excluding hydrogens is 194 g/mol. The Bertz CT molecular complexity index is 380. The molecule has 0 aliphatic carbocycles. The van der Waals surface area contributed by atoms with Gasteiger partial charge in [-0.3, -0.25) is 4.79 Å². The molecule has 0 aliphatic heterocycles. The Kier molecular flexibility index (Phi) is 2.50. The zero-order valence-electron chi connectivity index (χ0n) is 7.00. The second-order valence-electron chi connectivity index (χ2n) is 2.56. The van der Waals surface area contributed by atoms with Crippen LogP contribution in [0, 0.1) is 0 Å². The summed E-state index contributed by atoms with van der Waals surface area (Å²) in [6, 6.07) is 0.972. The van der Waals surface area contributed by atoms with Crippen LogP contribution >= 0.6 is 0 Å². The summed E-state index contributed by atoms with van der Waals surface area (Å²) in [6.07, 6.45) is -2.91. The van der Waals surface area contributed by atoms with Crippen molar-refractivity contribution in [2.24, 2.45) is 5.73 Å². The molecule has 0 atom stereocenters. The highest BCUT2D eigenvalue weighted by atomic mass is 19.3. The van der Waals surface area contributed by atoms with Gasteiger partial charge in [-0.2, -0.15) is 0 Å². The molecule has 0 fully saturated rings. The first-order chi connectivity index (χ1) is 6.43. The summed E-state index contributed by atoms with van der Waals surface area (Å²) in [5.74, 6) is -1.62. The van der Waals surface area contributed by atoms with Crippen LogP contribution in [-0.2, 0) is 0 Å². The Balaban J connectivity index is 3.44. The predicted molar refractivity (Wildman–Crippen MR) is 46.5 cm³/mol. The number of primary amides is 1. The lowest BCUT2D eigenvalue weighted by atomic mass is 10.1. The predicted octanol–water partition coefficient (Wildman–Crippen LogP) is 0.282. The van der Waals surface area contributed by atoms with Gasteiger partial charge in [0.15, 0.2) is 0 Å². The van der Waals surface area contributed by atoms with Crippen molar-refractivity contribution in [3.8, 4) is 0 Å². The molecule has 0 unspecified atom stereocenters. The highest BCUT2D eigenvalue weighted by Gasteiger charge is 2.21. The average molecular weight is 202 g/mol. The van der Waals surface area contributed by atoms with Crippen molar-refractivity contribution >= 4 is 17.5 Å². The molecule has 1 aromatic heterocycles. The average Bonchev–Trinajstić information content (AvgIpc) is 2.01. The summed E-state index contributed by atoms with van der Waals surface area (Å²) in [4.78, 5) is 14.2. The number of aromatic nitrogens is 1. The number of nitrogens with two attached hydrogens (primary N) is 3. The number of hydrogen-bond donors (Lipinski definition) is 3. The number of carbonyl (C=O) groups excluding carboxylic acids is 1. The third kappa shape index (κ3) is 1.70. The van der Waals surface area contributed by atoms with E-state index in [0.717, 1.165) is 6.07 Å². The van der Waals surface area contributed by atoms with Crippen LogP contribution in [0.5, 0.6) is 0 Å². The largest absolute Gasteiger partial charge is 0.384 e. The van der Waals surface area contributed by atoms with E-state index in [9.17, 15) is 13.6 Å². The van der Waals surface area contributed by atoms with Crippen molar-refractivity contribution in [1.82, 2.24) is 4.98 Å². The summed E-state index contributed by atoms with van der Waals surface area (Å²) >= 11 is 0. The van der Waals surface area contributed by atoms with Crippen LogP contribution in [-0.4, -0.2) is 10.9 Å². The summed E-state index contributed by atoms with van der Waals surface area (Å²) in [5.41, 5.74) is 14.2. The number of amides is 1. The lowest BCUT2D eigenvalue weighted by Gasteiger charge is -2.08. The fourth-order valence-electron chi connectivity index (χ4n) is 1.03. The molecule has 5 nitrogen and oxygen atoms in total. The molecule has 0 bridgehead atoms. The minimum atomic E-state index is -2.91. The smallest absolute Gasteiger partial charge is 0.268 e. The molecule has 1 amide bonds. The topological polar surface area (TPSA) is 108 Å². The third-order valence-electron chi connectivity index (χ3n) is 1.59. The van der Waals surface area contributed by atoms with Crippen molar-refractivity contribution in [2.75, 3.05) is 11.5 Å². The minimum Gasteiger partial charge on any atom is -0.384 e. The summed E-state index contributed by atoms with van der Waals surface area (Å²) in [6.45, 7) is 0. The van der Waals surface area contributed by atoms with Crippen LogP contribution in [0.2, 0.25) is 0 Å². The van der Waals surface area contributed by atoms with Gasteiger partial charge in [-0.1, -0.05) is 0 Å². The molecule has 6 N–H and O–H groups in total. The van der Waals surface area contributed by atoms with Gasteiger partial charge < -0.3 is 17.2 Å². The van der Waals surface area contributed by atoms with Crippen LogP contribution in [0.15, 0.2) is 6.07 Å². The molecule has 0 radical (unpaired) electrons. The van der Waals surface area contributed by atoms with Gasteiger partial charge in [0.25, 0.3) is 6.43 Å². The van der Waals surface area contributed by atoms with Gasteiger partial charge in [-0.15, -0.1) is 0 Å². The minimum absolute atomic E-state index is 0.124. The maximum absolute atomic E-state index is 12.4. The van der Waals surface area contributed by atoms with Crippen LogP contribution in [0.3, 0.4) is 0 Å². The van der Waals surface area contributed by atoms with E-state index in [1.807, 2.05) is 0 Å². The first-order valence-electron chi connectivity index (χ1n) is 3.57. The van der Waals surface area contributed by atoms with Crippen molar-refractivity contribution in [1.29, 1.82) is 0 Å². The Morgan fingerprint density at radius 3 is 2.43 bits per heavy atom. The lowest BCUT2D eigenvalue weighted by Crippen LogP contribution is -2.17. The quantitative estimate of drug-likeness (QED) is 0.640. The molecule has 76 valence electrons. The van der Waals surface area contributed by atoms with E-state index >= 15 is 0 Å². The molecule has 0 spiro atoms. The van der Waals surface area contributed by atoms with E-state index in [4.69, 9.17) is 17.2 Å². The number of anilines is 2. The van der Waals surface area contributed by atoms with E-state index in [1.165, 1.54) is 0 Å². The van der Waals surface area contributed by atoms with Gasteiger partial charge in [-0.25, -0.2) is 13.8 Å². The van der Waals surface area contributed by atoms with E-state index in [0.29, 0.717) is 0 Å². The maximum atomic E-state index is 12.4. The fourth-order valence-corrected chi connectivity index (χ4v) is 1.03. The number of hydrogen-bond acceptors (Lipinski definition) is 4. The first-order valence-corrected chi connectivity index (χ1v) is 3.57. The zero-order valence-corrected chi connectivity index (χ0v) is 7.00. The number of nitrogens with zero attached hydrogens (tertiary/aromatic N) is 1. The number of alkyl halides is 2. The van der Waals surface area contributed by atoms with E-state index in [1.54, 1.807) is 0 Å². The van der Waals surface area contributed by atoms with Crippen LogP contribution in [0.1, 0.15) is 22.3 Å². The van der Waals surface area contributed by atoms with E-state index in [2.05, 4.69) is 4.98 Å². The number of halogens is 2.